The van der Waals surface area contributed by atoms with Crippen molar-refractivity contribution in [1.29, 1.82) is 0 Å². The van der Waals surface area contributed by atoms with E-state index in [1.165, 1.54) is 0 Å². The molecule has 0 aromatic rings. The van der Waals surface area contributed by atoms with Gasteiger partial charge in [-0.25, -0.2) is 0 Å². The van der Waals surface area contributed by atoms with E-state index in [1.807, 2.05) is 0 Å². The van der Waals surface area contributed by atoms with Gasteiger partial charge in [0.15, 0.2) is 7.80 Å². The zero-order chi connectivity index (χ0) is 7.49. The number of alkyl halides is 3. The summed E-state index contributed by atoms with van der Waals surface area (Å²) in [4.78, 5) is 0. The quantitative estimate of drug-likeness (QED) is 0.566. The molecule has 0 heterocycles. The van der Waals surface area contributed by atoms with Crippen LogP contribution in [0, 0.1) is 0 Å². The summed E-state index contributed by atoms with van der Waals surface area (Å²) < 4.78 is 44.1. The fraction of sp³-hybridized carbons (Fsp3) is 1.00. The second-order valence-electron chi connectivity index (χ2n) is 1.57. The summed E-state index contributed by atoms with van der Waals surface area (Å²) in [5.74, 6) is -4.48. The molecule has 0 rings (SSSR count). The van der Waals surface area contributed by atoms with Crippen LogP contribution in [0.2, 0.25) is 0 Å². The molecule has 0 saturated heterocycles. The summed E-state index contributed by atoms with van der Waals surface area (Å²) in [6, 6.07) is 0. The van der Waals surface area contributed by atoms with Crippen LogP contribution in [0.15, 0.2) is 0 Å². The molecule has 0 fully saturated rings. The summed E-state index contributed by atoms with van der Waals surface area (Å²) in [6.07, 6.45) is 0.0630. The first kappa shape index (κ1) is 8.89. The van der Waals surface area contributed by atoms with Gasteiger partial charge in [-0.3, -0.25) is 4.57 Å². The third kappa shape index (κ3) is 3.46. The smallest absolute Gasteiger partial charge is 0.278 e. The van der Waals surface area contributed by atoms with Crippen molar-refractivity contribution in [3.8, 4) is 0 Å². The van der Waals surface area contributed by atoms with E-state index >= 15 is 0 Å². The van der Waals surface area contributed by atoms with E-state index in [1.54, 1.807) is 6.92 Å². The Kier molecular flexibility index (Phi) is 3.12. The first-order valence-corrected chi connectivity index (χ1v) is 3.94. The van der Waals surface area contributed by atoms with Gasteiger partial charge in [-0.15, -0.1) is 0 Å². The zero-order valence-corrected chi connectivity index (χ0v) is 5.80. The minimum atomic E-state index is -4.48. The molecule has 0 spiro atoms. The van der Waals surface area contributed by atoms with Crippen LogP contribution < -0.4 is 0 Å². The van der Waals surface area contributed by atoms with E-state index in [0.29, 0.717) is 6.42 Å². The molecular weight excluding hydrogens is 152 g/mol. The molecule has 0 saturated carbocycles. The highest BCUT2D eigenvalue weighted by Gasteiger charge is 2.36. The molecule has 1 nitrogen and oxygen atoms in total. The van der Waals surface area contributed by atoms with Crippen LogP contribution in [0.3, 0.4) is 0 Å². The highest BCUT2D eigenvalue weighted by atomic mass is 31.1. The van der Waals surface area contributed by atoms with Crippen LogP contribution in [0.5, 0.6) is 0 Å². The zero-order valence-electron chi connectivity index (χ0n) is 4.90. The van der Waals surface area contributed by atoms with E-state index in [2.05, 4.69) is 0 Å². The van der Waals surface area contributed by atoms with Gasteiger partial charge in [-0.05, 0) is 6.42 Å². The Morgan fingerprint density at radius 1 is 1.44 bits per heavy atom. The second-order valence-corrected chi connectivity index (χ2v) is 3.28. The number of hydrogen-bond donors (Lipinski definition) is 0. The van der Waals surface area contributed by atoms with Gasteiger partial charge >= 0.3 is 5.92 Å². The molecule has 0 aliphatic heterocycles. The van der Waals surface area contributed by atoms with Crippen LogP contribution in [0.1, 0.15) is 13.3 Å². The van der Waals surface area contributed by atoms with E-state index in [4.69, 9.17) is 0 Å². The lowest BCUT2D eigenvalue weighted by Gasteiger charge is -2.01. The maximum absolute atomic E-state index is 11.4. The molecule has 0 aromatic carbocycles. The second kappa shape index (κ2) is 3.16. The van der Waals surface area contributed by atoms with Crippen molar-refractivity contribution in [3.63, 3.8) is 0 Å². The summed E-state index contributed by atoms with van der Waals surface area (Å²) in [6.45, 7) is 1.57. The number of rotatable bonds is 2. The Morgan fingerprint density at radius 2 is 1.89 bits per heavy atom. The maximum Gasteiger partial charge on any atom is 0.460 e. The monoisotopic (exact) mass is 159 g/mol. The van der Waals surface area contributed by atoms with Crippen molar-refractivity contribution in [2.75, 3.05) is 6.16 Å². The molecule has 55 valence electrons. The Balaban J connectivity index is 3.74. The average Bonchev–Trinajstić information content (AvgIpc) is 1.64. The molecular formula is C4H7F3OP. The van der Waals surface area contributed by atoms with Gasteiger partial charge in [0, 0.05) is 6.16 Å². The Labute approximate surface area is 52.0 Å². The van der Waals surface area contributed by atoms with Crippen LogP contribution in [-0.4, -0.2) is 12.1 Å². The van der Waals surface area contributed by atoms with Crippen LogP contribution in [-0.2, 0) is 4.57 Å². The normalized spacial score (nSPS) is 13.6. The lowest BCUT2D eigenvalue weighted by Crippen LogP contribution is -2.00. The van der Waals surface area contributed by atoms with Gasteiger partial charge in [0.05, 0.1) is 0 Å². The molecule has 1 atom stereocenters. The minimum absolute atomic E-state index is 0.251. The third-order valence-corrected chi connectivity index (χ3v) is 2.13. The molecule has 1 unspecified atom stereocenters. The summed E-state index contributed by atoms with van der Waals surface area (Å²) in [5.41, 5.74) is 0. The molecule has 0 bridgehead atoms. The van der Waals surface area contributed by atoms with E-state index in [9.17, 15) is 17.7 Å². The van der Waals surface area contributed by atoms with Gasteiger partial charge in [0.1, 0.15) is 0 Å². The minimum Gasteiger partial charge on any atom is -0.278 e. The fourth-order valence-electron chi connectivity index (χ4n) is 0.330. The molecule has 0 N–H and O–H groups in total. The van der Waals surface area contributed by atoms with Crippen LogP contribution in [0.4, 0.5) is 13.2 Å². The fourth-order valence-corrected chi connectivity index (χ4v) is 0.990. The summed E-state index contributed by atoms with van der Waals surface area (Å²) in [5, 5.41) is 0. The standard InChI is InChI=1S/C4H7F3OP/c1-2-3-9(8)4(5,6)7/h2-3H2,1H3. The average molecular weight is 159 g/mol. The van der Waals surface area contributed by atoms with Gasteiger partial charge in [-0.2, -0.15) is 13.2 Å². The molecule has 0 amide bonds. The molecule has 0 aliphatic rings. The predicted molar refractivity (Wildman–Crippen MR) is 28.8 cm³/mol. The summed E-state index contributed by atoms with van der Waals surface area (Å²) in [7, 11) is -2.97. The van der Waals surface area contributed by atoms with Crippen molar-refractivity contribution in [1.82, 2.24) is 0 Å². The molecule has 0 aliphatic carbocycles. The Bertz CT molecular complexity index is 109. The van der Waals surface area contributed by atoms with E-state index in [0.717, 1.165) is 0 Å². The highest BCUT2D eigenvalue weighted by Crippen LogP contribution is 2.43. The molecule has 1 radical (unpaired) electrons. The Hall–Kier alpha value is -0.110. The van der Waals surface area contributed by atoms with Gasteiger partial charge in [0.25, 0.3) is 0 Å². The SMILES string of the molecule is CCC[P](=O)C(F)(F)F. The van der Waals surface area contributed by atoms with Crippen molar-refractivity contribution >= 4 is 7.80 Å². The lowest BCUT2D eigenvalue weighted by atomic mass is 10.6. The van der Waals surface area contributed by atoms with Crippen molar-refractivity contribution in [3.05, 3.63) is 0 Å². The van der Waals surface area contributed by atoms with E-state index < -0.39 is 13.7 Å². The number of hydrogen-bond acceptors (Lipinski definition) is 1. The molecule has 5 heteroatoms. The van der Waals surface area contributed by atoms with Gasteiger partial charge in [-0.1, -0.05) is 6.92 Å². The first-order chi connectivity index (χ1) is 3.98. The third-order valence-electron chi connectivity index (χ3n) is 0.709. The van der Waals surface area contributed by atoms with Crippen LogP contribution >= 0.6 is 7.80 Å². The summed E-state index contributed by atoms with van der Waals surface area (Å²) >= 11 is 0. The van der Waals surface area contributed by atoms with Gasteiger partial charge < -0.3 is 0 Å². The number of halogens is 3. The highest BCUT2D eigenvalue weighted by molar-refractivity contribution is 7.45. The van der Waals surface area contributed by atoms with Crippen LogP contribution in [0.25, 0.3) is 0 Å². The molecule has 0 aromatic heterocycles. The van der Waals surface area contributed by atoms with E-state index in [-0.39, 0.29) is 6.16 Å². The van der Waals surface area contributed by atoms with Crippen molar-refractivity contribution in [2.24, 2.45) is 0 Å². The first-order valence-electron chi connectivity index (χ1n) is 2.50. The largest absolute Gasteiger partial charge is 0.460 e. The maximum atomic E-state index is 11.4. The van der Waals surface area contributed by atoms with Crippen molar-refractivity contribution in [2.45, 2.75) is 19.3 Å². The molecule has 9 heavy (non-hydrogen) atoms. The topological polar surface area (TPSA) is 17.1 Å². The predicted octanol–water partition coefficient (Wildman–Crippen LogP) is 2.74. The van der Waals surface area contributed by atoms with Gasteiger partial charge in [0.2, 0.25) is 0 Å². The Morgan fingerprint density at radius 3 is 2.00 bits per heavy atom. The lowest BCUT2D eigenvalue weighted by molar-refractivity contribution is -0.0426. The van der Waals surface area contributed by atoms with Crippen molar-refractivity contribution < 1.29 is 17.7 Å².